The first-order chi connectivity index (χ1) is 8.50. The number of esters is 2. The summed E-state index contributed by atoms with van der Waals surface area (Å²) in [6.07, 6.45) is -0.775. The number of carbonyl (C=O) groups excluding carboxylic acids is 2. The van der Waals surface area contributed by atoms with Gasteiger partial charge in [0.2, 0.25) is 0 Å². The van der Waals surface area contributed by atoms with Crippen LogP contribution in [0.25, 0.3) is 0 Å². The number of nitrogens with zero attached hydrogens (tertiary/aromatic N) is 1. The molecule has 1 fully saturated rings. The first-order valence-electron chi connectivity index (χ1n) is 5.29. The van der Waals surface area contributed by atoms with Crippen molar-refractivity contribution in [2.75, 3.05) is 27.9 Å². The Hall–Kier alpha value is -1.22. The molecule has 18 heavy (non-hydrogen) atoms. The van der Waals surface area contributed by atoms with Crippen LogP contribution in [-0.2, 0) is 28.7 Å². The van der Waals surface area contributed by atoms with Crippen molar-refractivity contribution in [2.45, 2.75) is 18.6 Å². The summed E-state index contributed by atoms with van der Waals surface area (Å²) in [6.45, 7) is 1.19. The van der Waals surface area contributed by atoms with Crippen LogP contribution >= 0.6 is 0 Å². The van der Waals surface area contributed by atoms with Crippen LogP contribution in [0.2, 0.25) is 0 Å². The number of methoxy groups -OCH3 is 2. The van der Waals surface area contributed by atoms with E-state index in [4.69, 9.17) is 9.68 Å². The molecule has 0 aromatic carbocycles. The van der Waals surface area contributed by atoms with Gasteiger partial charge in [0.15, 0.2) is 0 Å². The molecule has 8 heteroatoms. The van der Waals surface area contributed by atoms with E-state index in [0.29, 0.717) is 0 Å². The van der Waals surface area contributed by atoms with Gasteiger partial charge in [0.1, 0.15) is 6.10 Å². The van der Waals surface area contributed by atoms with Crippen LogP contribution in [0.3, 0.4) is 0 Å². The van der Waals surface area contributed by atoms with Crippen molar-refractivity contribution in [1.29, 1.82) is 0 Å². The standard InChI is InChI=1S/C10H17NO7/c1-6-7(5-12)18-11(17-4)10(6,8(13)15-2)9(14)16-3/h6-7,12H,5H2,1-4H3/t6-,7-/m0/s1. The summed E-state index contributed by atoms with van der Waals surface area (Å²) in [5.74, 6) is -2.46. The van der Waals surface area contributed by atoms with Gasteiger partial charge in [0, 0.05) is 5.92 Å². The van der Waals surface area contributed by atoms with E-state index in [9.17, 15) is 14.7 Å². The molecule has 104 valence electrons. The Morgan fingerprint density at radius 1 is 1.28 bits per heavy atom. The quantitative estimate of drug-likeness (QED) is 0.503. The molecule has 0 spiro atoms. The number of hydroxylamine groups is 2. The third-order valence-corrected chi connectivity index (χ3v) is 3.07. The van der Waals surface area contributed by atoms with Crippen LogP contribution in [0.5, 0.6) is 0 Å². The van der Waals surface area contributed by atoms with Crippen LogP contribution in [0.4, 0.5) is 0 Å². The monoisotopic (exact) mass is 263 g/mol. The van der Waals surface area contributed by atoms with Crippen LogP contribution in [0, 0.1) is 5.92 Å². The summed E-state index contributed by atoms with van der Waals surface area (Å²) in [7, 11) is 3.51. The van der Waals surface area contributed by atoms with Crippen LogP contribution in [-0.4, -0.2) is 61.9 Å². The van der Waals surface area contributed by atoms with Gasteiger partial charge in [-0.05, 0) is 5.23 Å². The highest BCUT2D eigenvalue weighted by Gasteiger charge is 2.66. The predicted molar refractivity (Wildman–Crippen MR) is 56.7 cm³/mol. The second-order valence-electron chi connectivity index (χ2n) is 3.80. The Morgan fingerprint density at radius 2 is 1.78 bits per heavy atom. The molecule has 1 aliphatic heterocycles. The second-order valence-corrected chi connectivity index (χ2v) is 3.80. The van der Waals surface area contributed by atoms with Crippen molar-refractivity contribution in [1.82, 2.24) is 5.23 Å². The third kappa shape index (κ3) is 1.87. The fourth-order valence-corrected chi connectivity index (χ4v) is 2.03. The summed E-state index contributed by atoms with van der Waals surface area (Å²) in [6, 6.07) is 0. The molecule has 8 nitrogen and oxygen atoms in total. The van der Waals surface area contributed by atoms with Crippen molar-refractivity contribution >= 4 is 11.9 Å². The van der Waals surface area contributed by atoms with Crippen molar-refractivity contribution in [3.05, 3.63) is 0 Å². The van der Waals surface area contributed by atoms with E-state index in [-0.39, 0.29) is 6.61 Å². The molecule has 0 aliphatic carbocycles. The number of carbonyl (C=O) groups is 2. The number of rotatable bonds is 4. The van der Waals surface area contributed by atoms with Gasteiger partial charge in [-0.2, -0.15) is 0 Å². The lowest BCUT2D eigenvalue weighted by Gasteiger charge is -2.31. The smallest absolute Gasteiger partial charge is 0.343 e. The van der Waals surface area contributed by atoms with Crippen LogP contribution < -0.4 is 0 Å². The van der Waals surface area contributed by atoms with Gasteiger partial charge in [0.05, 0.1) is 27.9 Å². The summed E-state index contributed by atoms with van der Waals surface area (Å²) in [5.41, 5.74) is -1.88. The van der Waals surface area contributed by atoms with E-state index >= 15 is 0 Å². The van der Waals surface area contributed by atoms with E-state index in [0.717, 1.165) is 19.4 Å². The van der Waals surface area contributed by atoms with Gasteiger partial charge in [-0.15, -0.1) is 0 Å². The molecule has 1 saturated heterocycles. The SMILES string of the molecule is COC(=O)C1(C(=O)OC)[C@@H](C)[C@H](CO)ON1OC. The number of aliphatic hydroxyl groups is 1. The molecule has 2 atom stereocenters. The number of aliphatic hydroxyl groups excluding tert-OH is 1. The molecule has 0 aromatic heterocycles. The molecule has 1 aliphatic rings. The Morgan fingerprint density at radius 3 is 2.11 bits per heavy atom. The molecule has 1 heterocycles. The van der Waals surface area contributed by atoms with Crippen molar-refractivity contribution in [3.8, 4) is 0 Å². The maximum absolute atomic E-state index is 12.0. The lowest BCUT2D eigenvalue weighted by molar-refractivity contribution is -0.371. The minimum atomic E-state index is -1.88. The highest BCUT2D eigenvalue weighted by atomic mass is 17.0. The molecule has 0 unspecified atom stereocenters. The van der Waals surface area contributed by atoms with Gasteiger partial charge in [-0.1, -0.05) is 6.92 Å². The zero-order chi connectivity index (χ0) is 13.9. The number of hydrogen-bond acceptors (Lipinski definition) is 8. The summed E-state index contributed by atoms with van der Waals surface area (Å²) >= 11 is 0. The normalized spacial score (nSPS) is 26.9. The van der Waals surface area contributed by atoms with Gasteiger partial charge >= 0.3 is 11.9 Å². The minimum absolute atomic E-state index is 0.378. The first-order valence-corrected chi connectivity index (χ1v) is 5.29. The lowest BCUT2D eigenvalue weighted by Crippen LogP contribution is -2.60. The number of hydrogen-bond donors (Lipinski definition) is 1. The Bertz CT molecular complexity index is 312. The van der Waals surface area contributed by atoms with E-state index in [1.54, 1.807) is 6.92 Å². The van der Waals surface area contributed by atoms with Crippen molar-refractivity contribution in [2.24, 2.45) is 5.92 Å². The average molecular weight is 263 g/mol. The van der Waals surface area contributed by atoms with Crippen molar-refractivity contribution < 1.29 is 33.8 Å². The fourth-order valence-electron chi connectivity index (χ4n) is 2.03. The average Bonchev–Trinajstić information content (AvgIpc) is 2.70. The Labute approximate surface area is 104 Å². The van der Waals surface area contributed by atoms with E-state index in [2.05, 4.69) is 9.47 Å². The highest BCUT2D eigenvalue weighted by molar-refractivity contribution is 6.05. The molecule has 0 radical (unpaired) electrons. The third-order valence-electron chi connectivity index (χ3n) is 3.07. The second kappa shape index (κ2) is 5.61. The molecular weight excluding hydrogens is 246 g/mol. The topological polar surface area (TPSA) is 94.5 Å². The maximum atomic E-state index is 12.0. The molecule has 0 aromatic rings. The summed E-state index contributed by atoms with van der Waals surface area (Å²) in [4.78, 5) is 34.0. The molecule has 1 rings (SSSR count). The molecular formula is C10H17NO7. The molecule has 0 bridgehead atoms. The first kappa shape index (κ1) is 14.8. The lowest BCUT2D eigenvalue weighted by atomic mass is 9.83. The minimum Gasteiger partial charge on any atom is -0.467 e. The fraction of sp³-hybridized carbons (Fsp3) is 0.800. The van der Waals surface area contributed by atoms with E-state index < -0.39 is 29.5 Å². The number of ether oxygens (including phenoxy) is 2. The Kier molecular flexibility index (Phi) is 4.63. The van der Waals surface area contributed by atoms with Crippen LogP contribution in [0.1, 0.15) is 6.92 Å². The largest absolute Gasteiger partial charge is 0.467 e. The zero-order valence-corrected chi connectivity index (χ0v) is 10.7. The van der Waals surface area contributed by atoms with Gasteiger partial charge in [-0.25, -0.2) is 9.59 Å². The van der Waals surface area contributed by atoms with E-state index in [1.807, 2.05) is 0 Å². The molecule has 1 N–H and O–H groups in total. The van der Waals surface area contributed by atoms with Crippen molar-refractivity contribution in [3.63, 3.8) is 0 Å². The molecule has 0 saturated carbocycles. The zero-order valence-electron chi connectivity index (χ0n) is 10.7. The Balaban J connectivity index is 3.29. The maximum Gasteiger partial charge on any atom is 0.343 e. The predicted octanol–water partition coefficient (Wildman–Crippen LogP) is -1.12. The summed E-state index contributed by atoms with van der Waals surface area (Å²) < 4.78 is 9.27. The molecule has 0 amide bonds. The van der Waals surface area contributed by atoms with E-state index in [1.165, 1.54) is 7.11 Å². The summed E-state index contributed by atoms with van der Waals surface area (Å²) in [5, 5.41) is 9.90. The van der Waals surface area contributed by atoms with Gasteiger partial charge < -0.3 is 14.6 Å². The van der Waals surface area contributed by atoms with Gasteiger partial charge in [0.25, 0.3) is 5.54 Å². The van der Waals surface area contributed by atoms with Gasteiger partial charge in [-0.3, -0.25) is 9.68 Å². The highest BCUT2D eigenvalue weighted by Crippen LogP contribution is 2.39. The van der Waals surface area contributed by atoms with Crippen LogP contribution in [0.15, 0.2) is 0 Å².